The van der Waals surface area contributed by atoms with Crippen molar-refractivity contribution in [2.75, 3.05) is 22.1 Å². The summed E-state index contributed by atoms with van der Waals surface area (Å²) in [7, 11) is 0. The molecule has 0 atom stereocenters. The van der Waals surface area contributed by atoms with Gasteiger partial charge >= 0.3 is 11.9 Å². The molecule has 22 N–H and O–H groups in total. The smallest absolute Gasteiger partial charge is 0.358 e. The molecule has 0 unspecified atom stereocenters. The monoisotopic (exact) mass is 922 g/mol. The minimum absolute atomic E-state index is 0.0517. The van der Waals surface area contributed by atoms with Gasteiger partial charge in [-0.25, -0.2) is 29.5 Å². The first-order chi connectivity index (χ1) is 32.3. The topological polar surface area (TPSA) is 460 Å². The standard InChI is InChI=1S/C22H24N10O2.C22H22N8O4/c23-17(24)13-5-1-11(2-6-13)9-29-21(33)15-19(27)32-16(20(28)31-15)22(34)30-10-12-3-7-14(8-4-12)18(25)26;23-17(24)13-5-1-11(2-6-13)9-27-19-15(21(31)32)30-20(16(29-19)22(33)34)28-10-12-3-7-14(8-4-12)18(25)26/h1-8H,9-10H2,(H3,23,24)(H3,25,26)(H2,28,31)(H2,27,32)(H,29,33)(H,30,34);1-8H,9-10H2,(H3,23,24)(H3,25,26)(H,27,29)(H,28,30)(H,31,32)(H,33,34). The Hall–Kier alpha value is -10.0. The second kappa shape index (κ2) is 22.1. The number of carboxylic acids is 2. The lowest BCUT2D eigenvalue weighted by Crippen LogP contribution is -2.29. The molecule has 0 spiro atoms. The Kier molecular flexibility index (Phi) is 15.9. The van der Waals surface area contributed by atoms with E-state index in [9.17, 15) is 29.4 Å². The zero-order valence-electron chi connectivity index (χ0n) is 35.8. The van der Waals surface area contributed by atoms with Crippen molar-refractivity contribution in [3.05, 3.63) is 164 Å². The summed E-state index contributed by atoms with van der Waals surface area (Å²) in [6.07, 6.45) is 0. The molecule has 6 aromatic rings. The van der Waals surface area contributed by atoms with Gasteiger partial charge in [0, 0.05) is 48.4 Å². The molecule has 0 bridgehead atoms. The van der Waals surface area contributed by atoms with Crippen LogP contribution in [0.4, 0.5) is 23.3 Å². The van der Waals surface area contributed by atoms with Crippen LogP contribution in [-0.4, -0.2) is 77.2 Å². The Bertz CT molecular complexity index is 2710. The summed E-state index contributed by atoms with van der Waals surface area (Å²) in [5.41, 5.74) is 37.4. The van der Waals surface area contributed by atoms with Crippen molar-refractivity contribution in [1.82, 2.24) is 30.6 Å². The number of rotatable bonds is 18. The number of nitrogens with one attached hydrogen (secondary N) is 8. The highest BCUT2D eigenvalue weighted by Gasteiger charge is 2.23. The van der Waals surface area contributed by atoms with Gasteiger partial charge in [0.1, 0.15) is 23.3 Å². The minimum Gasteiger partial charge on any atom is -0.476 e. The lowest BCUT2D eigenvalue weighted by molar-refractivity contribution is 0.0673. The first kappa shape index (κ1) is 49.0. The number of nitrogens with zero attached hydrogens (tertiary/aromatic N) is 4. The number of nitrogen functional groups attached to an aromatic ring is 6. The molecule has 0 aliphatic carbocycles. The number of nitrogens with two attached hydrogens (primary N) is 6. The normalized spacial score (nSPS) is 10.4. The molecule has 4 aromatic carbocycles. The van der Waals surface area contributed by atoms with Crippen LogP contribution >= 0.6 is 0 Å². The highest BCUT2D eigenvalue weighted by Crippen LogP contribution is 2.21. The van der Waals surface area contributed by atoms with Crippen LogP contribution in [-0.2, 0) is 26.2 Å². The summed E-state index contributed by atoms with van der Waals surface area (Å²) in [6.45, 7) is 0.619. The van der Waals surface area contributed by atoms with Gasteiger partial charge in [-0.05, 0) is 22.3 Å². The number of benzene rings is 4. The van der Waals surface area contributed by atoms with Crippen molar-refractivity contribution in [2.24, 2.45) is 22.9 Å². The van der Waals surface area contributed by atoms with Crippen molar-refractivity contribution < 1.29 is 29.4 Å². The predicted molar refractivity (Wildman–Crippen MR) is 254 cm³/mol. The largest absolute Gasteiger partial charge is 0.476 e. The van der Waals surface area contributed by atoms with Gasteiger partial charge in [0.2, 0.25) is 0 Å². The number of carbonyl (C=O) groups excluding carboxylic acids is 2. The lowest BCUT2D eigenvalue weighted by atomic mass is 10.1. The number of carbonyl (C=O) groups is 4. The number of amides is 2. The third-order valence-electron chi connectivity index (χ3n) is 9.57. The van der Waals surface area contributed by atoms with Gasteiger partial charge in [0.15, 0.2) is 46.0 Å². The highest BCUT2D eigenvalue weighted by atomic mass is 16.4. The maximum Gasteiger partial charge on any atom is 0.358 e. The molecule has 6 rings (SSSR count). The van der Waals surface area contributed by atoms with Crippen LogP contribution in [0.2, 0.25) is 0 Å². The summed E-state index contributed by atoms with van der Waals surface area (Å²) in [5.74, 6) is -5.12. The minimum atomic E-state index is -1.38. The van der Waals surface area contributed by atoms with E-state index in [1.807, 2.05) is 0 Å². The third-order valence-corrected chi connectivity index (χ3v) is 9.57. The molecule has 0 aliphatic rings. The Morgan fingerprint density at radius 2 is 0.662 bits per heavy atom. The molecule has 0 aliphatic heterocycles. The molecule has 0 fully saturated rings. The number of carboxylic acid groups (broad SMARTS) is 2. The Balaban J connectivity index is 0.000000254. The fraction of sp³-hybridized carbons (Fsp3) is 0.0909. The van der Waals surface area contributed by atoms with E-state index in [-0.39, 0.29) is 84.2 Å². The van der Waals surface area contributed by atoms with Crippen molar-refractivity contribution in [1.29, 1.82) is 21.6 Å². The molecular formula is C44H46N18O6. The molecule has 24 nitrogen and oxygen atoms in total. The molecule has 0 saturated carbocycles. The number of anilines is 4. The van der Waals surface area contributed by atoms with Gasteiger partial charge in [0.05, 0.1) is 0 Å². The molecule has 0 saturated heterocycles. The second-order valence-corrected chi connectivity index (χ2v) is 14.4. The van der Waals surface area contributed by atoms with Crippen molar-refractivity contribution >= 4 is 70.4 Å². The van der Waals surface area contributed by atoms with E-state index in [1.54, 1.807) is 97.1 Å². The van der Waals surface area contributed by atoms with Gasteiger partial charge in [-0.15, -0.1) is 0 Å². The van der Waals surface area contributed by atoms with Gasteiger partial charge in [-0.3, -0.25) is 31.2 Å². The van der Waals surface area contributed by atoms with E-state index in [1.165, 1.54) is 0 Å². The van der Waals surface area contributed by atoms with Crippen LogP contribution < -0.4 is 55.7 Å². The average molecular weight is 923 g/mol. The predicted octanol–water partition coefficient (Wildman–Crippen LogP) is 1.73. The quantitative estimate of drug-likeness (QED) is 0.0431. The van der Waals surface area contributed by atoms with Gasteiger partial charge < -0.3 is 65.9 Å². The Labute approximate surface area is 386 Å². The van der Waals surface area contributed by atoms with Gasteiger partial charge in [-0.2, -0.15) is 0 Å². The van der Waals surface area contributed by atoms with Crippen LogP contribution in [0.3, 0.4) is 0 Å². The van der Waals surface area contributed by atoms with Crippen molar-refractivity contribution in [3.63, 3.8) is 0 Å². The van der Waals surface area contributed by atoms with Crippen LogP contribution in [0, 0.1) is 21.6 Å². The molecule has 0 radical (unpaired) electrons. The van der Waals surface area contributed by atoms with E-state index in [4.69, 9.17) is 56.0 Å². The van der Waals surface area contributed by atoms with E-state index in [0.29, 0.717) is 22.3 Å². The molecule has 348 valence electrons. The summed E-state index contributed by atoms with van der Waals surface area (Å²) in [4.78, 5) is 64.5. The van der Waals surface area contributed by atoms with Crippen LogP contribution in [0.25, 0.3) is 0 Å². The summed E-state index contributed by atoms with van der Waals surface area (Å²) >= 11 is 0. The first-order valence-electron chi connectivity index (χ1n) is 19.9. The van der Waals surface area contributed by atoms with Crippen molar-refractivity contribution in [2.45, 2.75) is 26.2 Å². The van der Waals surface area contributed by atoms with E-state index < -0.39 is 35.1 Å². The zero-order chi connectivity index (χ0) is 49.7. The number of hydrogen-bond acceptors (Lipinski definition) is 16. The SMILES string of the molecule is N=C(N)c1ccc(CNC(=O)c2nc(N)c(C(=O)NCc3ccc(C(=N)N)cc3)nc2N)cc1.N=C(N)c1ccc(CNc2nc(C(=O)O)c(NCc3ccc(C(=N)N)cc3)nc2C(=O)O)cc1. The van der Waals surface area contributed by atoms with Crippen LogP contribution in [0.15, 0.2) is 97.1 Å². The summed E-state index contributed by atoms with van der Waals surface area (Å²) in [5, 5.41) is 59.8. The second-order valence-electron chi connectivity index (χ2n) is 14.4. The van der Waals surface area contributed by atoms with E-state index in [2.05, 4.69) is 41.2 Å². The molecule has 24 heteroatoms. The summed E-state index contributed by atoms with van der Waals surface area (Å²) < 4.78 is 0. The zero-order valence-corrected chi connectivity index (χ0v) is 35.8. The molecular weight excluding hydrogens is 877 g/mol. The van der Waals surface area contributed by atoms with Gasteiger partial charge in [0.25, 0.3) is 11.8 Å². The van der Waals surface area contributed by atoms with Crippen LogP contribution in [0.1, 0.15) is 86.5 Å². The molecule has 2 amide bonds. The number of hydrogen-bond donors (Lipinski definition) is 16. The maximum absolute atomic E-state index is 12.5. The van der Waals surface area contributed by atoms with E-state index >= 15 is 0 Å². The van der Waals surface area contributed by atoms with Crippen LogP contribution in [0.5, 0.6) is 0 Å². The molecule has 2 heterocycles. The highest BCUT2D eigenvalue weighted by molar-refractivity contribution is 6.01. The Morgan fingerprint density at radius 1 is 0.412 bits per heavy atom. The number of amidine groups is 4. The first-order valence-corrected chi connectivity index (χ1v) is 19.9. The maximum atomic E-state index is 12.5. The Morgan fingerprint density at radius 3 is 0.897 bits per heavy atom. The average Bonchev–Trinajstić information content (AvgIpc) is 3.32. The fourth-order valence-corrected chi connectivity index (χ4v) is 5.89. The van der Waals surface area contributed by atoms with E-state index in [0.717, 1.165) is 22.3 Å². The summed E-state index contributed by atoms with van der Waals surface area (Å²) in [6, 6.07) is 26.9. The molecule has 2 aromatic heterocycles. The number of aromatic nitrogens is 4. The molecule has 68 heavy (non-hydrogen) atoms. The third kappa shape index (κ3) is 13.0. The lowest BCUT2D eigenvalue weighted by Gasteiger charge is -2.14. The fourth-order valence-electron chi connectivity index (χ4n) is 5.89. The van der Waals surface area contributed by atoms with Crippen molar-refractivity contribution in [3.8, 4) is 0 Å². The number of aromatic carboxylic acids is 2. The van der Waals surface area contributed by atoms with Gasteiger partial charge in [-0.1, -0.05) is 97.1 Å².